The van der Waals surface area contributed by atoms with E-state index >= 15 is 0 Å². The molecule has 5 nitrogen and oxygen atoms in total. The molecule has 2 N–H and O–H groups in total. The molecule has 0 saturated heterocycles. The van der Waals surface area contributed by atoms with Gasteiger partial charge in [0.25, 0.3) is 5.56 Å². The van der Waals surface area contributed by atoms with Crippen molar-refractivity contribution in [2.24, 2.45) is 0 Å². The molecule has 0 atom stereocenters. The summed E-state index contributed by atoms with van der Waals surface area (Å²) >= 11 is 1.86. The zero-order valence-corrected chi connectivity index (χ0v) is 8.59. The Bertz CT molecular complexity index is 521. The summed E-state index contributed by atoms with van der Waals surface area (Å²) in [5.74, 6) is 0.366. The van der Waals surface area contributed by atoms with Gasteiger partial charge in [-0.1, -0.05) is 0 Å². The van der Waals surface area contributed by atoms with Crippen molar-refractivity contribution in [2.75, 3.05) is 5.73 Å². The summed E-state index contributed by atoms with van der Waals surface area (Å²) in [6.45, 7) is 0. The maximum Gasteiger partial charge on any atom is 0.271 e. The molecule has 2 rings (SSSR count). The van der Waals surface area contributed by atoms with Gasteiger partial charge in [-0.05, 0) is 12.1 Å². The molecule has 6 heteroatoms. The van der Waals surface area contributed by atoms with E-state index in [9.17, 15) is 4.79 Å². The van der Waals surface area contributed by atoms with E-state index in [4.69, 9.17) is 5.73 Å². The van der Waals surface area contributed by atoms with Crippen LogP contribution in [0, 0.1) is 0 Å². The zero-order valence-electron chi connectivity index (χ0n) is 6.44. The highest BCUT2D eigenvalue weighted by Gasteiger charge is 2.02. The minimum atomic E-state index is -0.127. The first-order valence-corrected chi connectivity index (χ1v) is 4.45. The molecule has 0 aliphatic carbocycles. The second-order valence-electron chi connectivity index (χ2n) is 2.47. The predicted octanol–water partition coefficient (Wildman–Crippen LogP) is 0.572. The highest BCUT2D eigenvalue weighted by molar-refractivity contribution is 14.1. The van der Waals surface area contributed by atoms with E-state index < -0.39 is 0 Å². The minimum Gasteiger partial charge on any atom is -0.384 e. The molecule has 0 aliphatic heterocycles. The van der Waals surface area contributed by atoms with Crippen LogP contribution in [0.3, 0.4) is 0 Å². The normalized spacial score (nSPS) is 10.5. The maximum absolute atomic E-state index is 11.5. The molecule has 66 valence electrons. The Labute approximate surface area is 87.1 Å². The smallest absolute Gasteiger partial charge is 0.271 e. The Morgan fingerprint density at radius 2 is 2.23 bits per heavy atom. The Balaban J connectivity index is 2.95. The van der Waals surface area contributed by atoms with Crippen molar-refractivity contribution in [3.63, 3.8) is 0 Å². The Morgan fingerprint density at radius 3 is 3.00 bits per heavy atom. The van der Waals surface area contributed by atoms with E-state index in [0.29, 0.717) is 16.9 Å². The van der Waals surface area contributed by atoms with Crippen LogP contribution < -0.4 is 11.3 Å². The molecule has 0 fully saturated rings. The first-order chi connectivity index (χ1) is 6.18. The Hall–Kier alpha value is -1.18. The van der Waals surface area contributed by atoms with Gasteiger partial charge in [-0.2, -0.15) is 0 Å². The second-order valence-corrected chi connectivity index (χ2v) is 3.51. The molecule has 0 aliphatic rings. The quantitative estimate of drug-likeness (QED) is 0.719. The number of nitrogens with two attached hydrogens (primary N) is 1. The summed E-state index contributed by atoms with van der Waals surface area (Å²) < 4.78 is 1.37. The van der Waals surface area contributed by atoms with Gasteiger partial charge < -0.3 is 5.73 Å². The second kappa shape index (κ2) is 2.95. The molecule has 0 amide bonds. The molecule has 0 spiro atoms. The van der Waals surface area contributed by atoms with Crippen molar-refractivity contribution in [2.45, 2.75) is 0 Å². The van der Waals surface area contributed by atoms with Gasteiger partial charge >= 0.3 is 0 Å². The lowest BCUT2D eigenvalue weighted by atomic mass is 10.3. The molecular weight excluding hydrogens is 283 g/mol. The number of hydrogen-bond donors (Lipinski definition) is 1. The van der Waals surface area contributed by atoms with Gasteiger partial charge in [0.05, 0.1) is 28.3 Å². The average molecular weight is 288 g/mol. The highest BCUT2D eigenvalue weighted by atomic mass is 127. The van der Waals surface area contributed by atoms with Crippen molar-refractivity contribution >= 4 is 39.7 Å². The molecule has 0 saturated carbocycles. The minimum absolute atomic E-state index is 0.127. The molecule has 0 radical (unpaired) electrons. The number of fused-ring (bicyclic) bond motifs is 1. The summed E-state index contributed by atoms with van der Waals surface area (Å²) in [7, 11) is 0. The Morgan fingerprint density at radius 1 is 1.46 bits per heavy atom. The number of anilines is 1. The molecule has 2 aromatic heterocycles. The van der Waals surface area contributed by atoms with E-state index in [1.165, 1.54) is 9.11 Å². The number of halogens is 1. The molecular formula is C7H5IN4O. The van der Waals surface area contributed by atoms with Crippen molar-refractivity contribution in [3.05, 3.63) is 28.8 Å². The zero-order chi connectivity index (χ0) is 9.42. The lowest BCUT2D eigenvalue weighted by Crippen LogP contribution is -2.13. The van der Waals surface area contributed by atoms with Gasteiger partial charge in [-0.15, -0.1) is 0 Å². The third-order valence-corrected chi connectivity index (χ3v) is 2.29. The summed E-state index contributed by atoms with van der Waals surface area (Å²) in [5, 5.41) is 0.478. The summed E-state index contributed by atoms with van der Waals surface area (Å²) in [5.41, 5.74) is 5.71. The van der Waals surface area contributed by atoms with E-state index in [1.54, 1.807) is 12.1 Å². The van der Waals surface area contributed by atoms with Gasteiger partial charge in [0.15, 0.2) is 5.65 Å². The lowest BCUT2D eigenvalue weighted by molar-refractivity contribution is 1.12. The van der Waals surface area contributed by atoms with Crippen LogP contribution >= 0.6 is 22.9 Å². The molecule has 13 heavy (non-hydrogen) atoms. The van der Waals surface area contributed by atoms with Crippen molar-refractivity contribution < 1.29 is 0 Å². The highest BCUT2D eigenvalue weighted by Crippen LogP contribution is 2.06. The predicted molar refractivity (Wildman–Crippen MR) is 57.6 cm³/mol. The van der Waals surface area contributed by atoms with E-state index in [1.807, 2.05) is 22.9 Å². The molecule has 0 bridgehead atoms. The van der Waals surface area contributed by atoms with Crippen LogP contribution in [0.4, 0.5) is 5.82 Å². The molecule has 0 aromatic carbocycles. The van der Waals surface area contributed by atoms with Gasteiger partial charge in [0.1, 0.15) is 12.1 Å². The van der Waals surface area contributed by atoms with E-state index in [2.05, 4.69) is 9.97 Å². The van der Waals surface area contributed by atoms with Crippen LogP contribution in [0.5, 0.6) is 0 Å². The monoisotopic (exact) mass is 288 g/mol. The number of hydrogen-bond acceptors (Lipinski definition) is 4. The largest absolute Gasteiger partial charge is 0.384 e. The standard InChI is InChI=1S/C7H5IN4O/c8-12-3-10-6-4(7(12)13)1-2-5(9)11-6/h1-3H,(H2,9,11). The van der Waals surface area contributed by atoms with Gasteiger partial charge in [-0.3, -0.25) is 4.79 Å². The number of nitrogen functional groups attached to an aromatic ring is 1. The van der Waals surface area contributed by atoms with E-state index in [0.717, 1.165) is 0 Å². The first kappa shape index (κ1) is 8.42. The average Bonchev–Trinajstić information content (AvgIpc) is 2.12. The van der Waals surface area contributed by atoms with Crippen LogP contribution in [0.2, 0.25) is 0 Å². The lowest BCUT2D eigenvalue weighted by Gasteiger charge is -1.97. The maximum atomic E-state index is 11.5. The topological polar surface area (TPSA) is 73.8 Å². The number of aromatic nitrogens is 3. The summed E-state index contributed by atoms with van der Waals surface area (Å²) in [6, 6.07) is 3.21. The van der Waals surface area contributed by atoms with Crippen LogP contribution in [0.15, 0.2) is 23.3 Å². The van der Waals surface area contributed by atoms with E-state index in [-0.39, 0.29) is 5.56 Å². The van der Waals surface area contributed by atoms with Crippen molar-refractivity contribution in [1.82, 2.24) is 12.7 Å². The first-order valence-electron chi connectivity index (χ1n) is 3.48. The third kappa shape index (κ3) is 1.37. The van der Waals surface area contributed by atoms with Gasteiger partial charge in [0.2, 0.25) is 0 Å². The fourth-order valence-electron chi connectivity index (χ4n) is 1.00. The van der Waals surface area contributed by atoms with Crippen molar-refractivity contribution in [1.29, 1.82) is 0 Å². The van der Waals surface area contributed by atoms with Crippen LogP contribution in [0.25, 0.3) is 11.0 Å². The molecule has 2 aromatic rings. The Kier molecular flexibility index (Phi) is 1.91. The third-order valence-electron chi connectivity index (χ3n) is 1.60. The van der Waals surface area contributed by atoms with Crippen LogP contribution in [-0.2, 0) is 0 Å². The van der Waals surface area contributed by atoms with Crippen LogP contribution in [0.1, 0.15) is 0 Å². The van der Waals surface area contributed by atoms with Gasteiger partial charge in [0, 0.05) is 0 Å². The number of pyridine rings is 1. The number of nitrogens with zero attached hydrogens (tertiary/aromatic N) is 3. The molecule has 0 unspecified atom stereocenters. The van der Waals surface area contributed by atoms with Gasteiger partial charge in [-0.25, -0.2) is 12.7 Å². The summed E-state index contributed by atoms with van der Waals surface area (Å²) in [4.78, 5) is 19.4. The summed E-state index contributed by atoms with van der Waals surface area (Å²) in [6.07, 6.45) is 1.41. The fourth-order valence-corrected chi connectivity index (χ4v) is 1.39. The van der Waals surface area contributed by atoms with Crippen molar-refractivity contribution in [3.8, 4) is 0 Å². The number of rotatable bonds is 0. The fraction of sp³-hybridized carbons (Fsp3) is 0. The van der Waals surface area contributed by atoms with Crippen LogP contribution in [-0.4, -0.2) is 12.7 Å². The SMILES string of the molecule is Nc1ccc2c(=O)n(I)cnc2n1. The molecule has 2 heterocycles.